The summed E-state index contributed by atoms with van der Waals surface area (Å²) in [6.07, 6.45) is 6.04. The van der Waals surface area contributed by atoms with E-state index in [1.807, 2.05) is 11.6 Å². The third kappa shape index (κ3) is 2.87. The Kier molecular flexibility index (Phi) is 3.84. The molecule has 0 bridgehead atoms. The van der Waals surface area contributed by atoms with Gasteiger partial charge in [-0.15, -0.1) is 11.3 Å². The van der Waals surface area contributed by atoms with Gasteiger partial charge in [-0.1, -0.05) is 13.8 Å². The predicted octanol–water partition coefficient (Wildman–Crippen LogP) is 3.33. The second kappa shape index (κ2) is 5.19. The Balaban J connectivity index is 2.05. The fourth-order valence-corrected chi connectivity index (χ4v) is 2.87. The summed E-state index contributed by atoms with van der Waals surface area (Å²) >= 11 is 1.68. The zero-order valence-corrected chi connectivity index (χ0v) is 11.2. The van der Waals surface area contributed by atoms with Crippen molar-refractivity contribution in [1.29, 1.82) is 0 Å². The van der Waals surface area contributed by atoms with Gasteiger partial charge in [-0.3, -0.25) is 0 Å². The van der Waals surface area contributed by atoms with Gasteiger partial charge in [0.25, 0.3) is 0 Å². The third-order valence-corrected chi connectivity index (χ3v) is 4.31. The summed E-state index contributed by atoms with van der Waals surface area (Å²) in [5, 5.41) is 12.9. The Hall–Kier alpha value is -0.870. The van der Waals surface area contributed by atoms with Crippen LogP contribution in [0.2, 0.25) is 0 Å². The molecule has 1 aliphatic heterocycles. The minimum atomic E-state index is -0.232. The van der Waals surface area contributed by atoms with Crippen molar-refractivity contribution >= 4 is 11.3 Å². The van der Waals surface area contributed by atoms with Gasteiger partial charge in [0.1, 0.15) is 0 Å². The van der Waals surface area contributed by atoms with Crippen molar-refractivity contribution in [1.82, 2.24) is 4.98 Å². The molecule has 0 fully saturated rings. The van der Waals surface area contributed by atoms with Crippen LogP contribution in [0.25, 0.3) is 0 Å². The number of aromatic nitrogens is 1. The normalized spacial score (nSPS) is 25.0. The predicted molar refractivity (Wildman–Crippen MR) is 69.3 cm³/mol. The molecule has 4 heteroatoms. The molecule has 1 aromatic heterocycles. The highest BCUT2D eigenvalue weighted by molar-refractivity contribution is 7.09. The summed E-state index contributed by atoms with van der Waals surface area (Å²) in [6.45, 7) is 4.82. The van der Waals surface area contributed by atoms with Crippen molar-refractivity contribution in [3.05, 3.63) is 28.4 Å². The first-order valence-electron chi connectivity index (χ1n) is 6.03. The lowest BCUT2D eigenvalue weighted by Gasteiger charge is -2.39. The van der Waals surface area contributed by atoms with E-state index in [-0.39, 0.29) is 5.60 Å². The third-order valence-electron chi connectivity index (χ3n) is 3.47. The van der Waals surface area contributed by atoms with Gasteiger partial charge in [0, 0.05) is 24.4 Å². The standard InChI is InChI=1S/C13H19NO2S/c1-10(2)13(9-11(15)4-7-16-13)5-3-12-14-6-8-17-12/h4,6,8,10,15H,3,5,7,9H2,1-2H3. The van der Waals surface area contributed by atoms with Crippen LogP contribution >= 0.6 is 11.3 Å². The number of nitrogens with zero attached hydrogens (tertiary/aromatic N) is 1. The van der Waals surface area contributed by atoms with Crippen LogP contribution in [0.1, 0.15) is 31.7 Å². The molecular formula is C13H19NO2S. The number of aliphatic hydroxyl groups excluding tert-OH is 1. The number of hydrogen-bond donors (Lipinski definition) is 1. The molecule has 0 radical (unpaired) electrons. The molecule has 1 atom stereocenters. The lowest BCUT2D eigenvalue weighted by atomic mass is 9.81. The van der Waals surface area contributed by atoms with E-state index >= 15 is 0 Å². The summed E-state index contributed by atoms with van der Waals surface area (Å²) in [4.78, 5) is 4.30. The smallest absolute Gasteiger partial charge is 0.0934 e. The van der Waals surface area contributed by atoms with Crippen LogP contribution in [-0.4, -0.2) is 22.3 Å². The van der Waals surface area contributed by atoms with Gasteiger partial charge in [0.2, 0.25) is 0 Å². The van der Waals surface area contributed by atoms with Gasteiger partial charge in [0.15, 0.2) is 0 Å². The van der Waals surface area contributed by atoms with Crippen molar-refractivity contribution in [2.24, 2.45) is 5.92 Å². The van der Waals surface area contributed by atoms with E-state index in [0.717, 1.165) is 17.8 Å². The maximum Gasteiger partial charge on any atom is 0.0934 e. The number of rotatable bonds is 4. The first kappa shape index (κ1) is 12.6. The summed E-state index contributed by atoms with van der Waals surface area (Å²) in [7, 11) is 0. The number of aliphatic hydroxyl groups is 1. The zero-order valence-electron chi connectivity index (χ0n) is 10.3. The van der Waals surface area contributed by atoms with Crippen molar-refractivity contribution in [3.63, 3.8) is 0 Å². The number of aryl methyl sites for hydroxylation is 1. The largest absolute Gasteiger partial charge is 0.512 e. The van der Waals surface area contributed by atoms with Crippen molar-refractivity contribution in [2.45, 2.75) is 38.7 Å². The SMILES string of the molecule is CC(C)C1(CCc2nccs2)CC(O)=CCO1. The van der Waals surface area contributed by atoms with Gasteiger partial charge in [0.05, 0.1) is 23.0 Å². The Labute approximate surface area is 106 Å². The average molecular weight is 253 g/mol. The quantitative estimate of drug-likeness (QED) is 0.895. The van der Waals surface area contributed by atoms with Crippen LogP contribution in [0.4, 0.5) is 0 Å². The monoisotopic (exact) mass is 253 g/mol. The number of ether oxygens (including phenoxy) is 1. The van der Waals surface area contributed by atoms with Crippen LogP contribution in [0.5, 0.6) is 0 Å². The minimum absolute atomic E-state index is 0.232. The summed E-state index contributed by atoms with van der Waals surface area (Å²) in [5.74, 6) is 0.849. The summed E-state index contributed by atoms with van der Waals surface area (Å²) in [6, 6.07) is 0. The number of thiazole rings is 1. The molecule has 0 saturated heterocycles. The first-order chi connectivity index (χ1) is 8.12. The first-order valence-corrected chi connectivity index (χ1v) is 6.91. The minimum Gasteiger partial charge on any atom is -0.512 e. The highest BCUT2D eigenvalue weighted by Gasteiger charge is 2.37. The molecule has 0 aliphatic carbocycles. The second-order valence-corrected chi connectivity index (χ2v) is 5.81. The highest BCUT2D eigenvalue weighted by atomic mass is 32.1. The van der Waals surface area contributed by atoms with E-state index in [1.54, 1.807) is 17.4 Å². The molecule has 0 saturated carbocycles. The van der Waals surface area contributed by atoms with E-state index in [4.69, 9.17) is 4.74 Å². The van der Waals surface area contributed by atoms with E-state index < -0.39 is 0 Å². The van der Waals surface area contributed by atoms with Crippen LogP contribution in [0.3, 0.4) is 0 Å². The highest BCUT2D eigenvalue weighted by Crippen LogP contribution is 2.36. The van der Waals surface area contributed by atoms with Crippen LogP contribution in [0, 0.1) is 5.92 Å². The Morgan fingerprint density at radius 1 is 1.59 bits per heavy atom. The lowest BCUT2D eigenvalue weighted by molar-refractivity contribution is -0.0870. The Morgan fingerprint density at radius 2 is 2.41 bits per heavy atom. The van der Waals surface area contributed by atoms with E-state index in [9.17, 15) is 5.11 Å². The van der Waals surface area contributed by atoms with Crippen LogP contribution < -0.4 is 0 Å². The second-order valence-electron chi connectivity index (χ2n) is 4.83. The maximum atomic E-state index is 9.72. The molecular weight excluding hydrogens is 234 g/mol. The van der Waals surface area contributed by atoms with Crippen molar-refractivity contribution in [3.8, 4) is 0 Å². The molecule has 0 amide bonds. The molecule has 0 aromatic carbocycles. The van der Waals surface area contributed by atoms with Gasteiger partial charge in [-0.25, -0.2) is 4.98 Å². The average Bonchev–Trinajstić information content (AvgIpc) is 2.79. The van der Waals surface area contributed by atoms with E-state index in [0.29, 0.717) is 24.7 Å². The van der Waals surface area contributed by atoms with Crippen LogP contribution in [-0.2, 0) is 11.2 Å². The molecule has 17 heavy (non-hydrogen) atoms. The lowest BCUT2D eigenvalue weighted by Crippen LogP contribution is -2.41. The molecule has 1 N–H and O–H groups in total. The molecule has 1 aromatic rings. The van der Waals surface area contributed by atoms with Crippen molar-refractivity contribution in [2.75, 3.05) is 6.61 Å². The van der Waals surface area contributed by atoms with Gasteiger partial charge in [-0.2, -0.15) is 0 Å². The molecule has 0 spiro atoms. The van der Waals surface area contributed by atoms with Gasteiger partial charge in [-0.05, 0) is 18.4 Å². The van der Waals surface area contributed by atoms with E-state index in [2.05, 4.69) is 18.8 Å². The molecule has 94 valence electrons. The summed E-state index contributed by atoms with van der Waals surface area (Å²) in [5.41, 5.74) is -0.232. The Morgan fingerprint density at radius 3 is 3.00 bits per heavy atom. The van der Waals surface area contributed by atoms with Crippen molar-refractivity contribution < 1.29 is 9.84 Å². The number of hydrogen-bond acceptors (Lipinski definition) is 4. The maximum absolute atomic E-state index is 9.72. The Bertz CT molecular complexity index is 386. The molecule has 1 aliphatic rings. The molecule has 2 heterocycles. The van der Waals surface area contributed by atoms with Gasteiger partial charge >= 0.3 is 0 Å². The fourth-order valence-electron chi connectivity index (χ4n) is 2.25. The van der Waals surface area contributed by atoms with E-state index in [1.165, 1.54) is 0 Å². The topological polar surface area (TPSA) is 42.4 Å². The zero-order chi connectivity index (χ0) is 12.3. The van der Waals surface area contributed by atoms with Crippen LogP contribution in [0.15, 0.2) is 23.4 Å². The molecule has 2 rings (SSSR count). The van der Waals surface area contributed by atoms with Gasteiger partial charge < -0.3 is 9.84 Å². The molecule has 1 unspecified atom stereocenters. The fraction of sp³-hybridized carbons (Fsp3) is 0.615. The summed E-state index contributed by atoms with van der Waals surface area (Å²) < 4.78 is 5.94. The molecule has 3 nitrogen and oxygen atoms in total.